The van der Waals surface area contributed by atoms with E-state index in [0.29, 0.717) is 12.5 Å². The lowest BCUT2D eigenvalue weighted by Gasteiger charge is -2.13. The molecule has 5 nitrogen and oxygen atoms in total. The predicted molar refractivity (Wildman–Crippen MR) is 114 cm³/mol. The Balaban J connectivity index is 0.00000392. The van der Waals surface area contributed by atoms with E-state index in [1.165, 1.54) is 17.8 Å². The van der Waals surface area contributed by atoms with Gasteiger partial charge in [0.15, 0.2) is 12.6 Å². The minimum absolute atomic E-state index is 0. The van der Waals surface area contributed by atoms with Crippen LogP contribution in [0.25, 0.3) is 0 Å². The molecule has 0 spiro atoms. The van der Waals surface area contributed by atoms with E-state index in [2.05, 4.69) is 37.5 Å². The number of aliphatic imine (C=N–C) groups is 1. The SMILES string of the molecule is CN=C(NCCCc1ccccc1)NCc1ccnc(OCC(F)(F)F)c1.I. The second kappa shape index (κ2) is 12.4. The van der Waals surface area contributed by atoms with Crippen molar-refractivity contribution >= 4 is 29.9 Å². The molecule has 0 amide bonds. The van der Waals surface area contributed by atoms with Crippen molar-refractivity contribution in [2.45, 2.75) is 25.6 Å². The van der Waals surface area contributed by atoms with E-state index in [1.807, 2.05) is 18.2 Å². The second-order valence-corrected chi connectivity index (χ2v) is 5.85. The quantitative estimate of drug-likeness (QED) is 0.246. The number of ether oxygens (including phenoxy) is 1. The smallest absolute Gasteiger partial charge is 0.422 e. The molecule has 0 unspecified atom stereocenters. The lowest BCUT2D eigenvalue weighted by atomic mass is 10.1. The third-order valence-electron chi connectivity index (χ3n) is 3.64. The van der Waals surface area contributed by atoms with E-state index < -0.39 is 12.8 Å². The summed E-state index contributed by atoms with van der Waals surface area (Å²) in [6.07, 6.45) is -1.05. The molecule has 154 valence electrons. The van der Waals surface area contributed by atoms with Crippen LogP contribution in [0.15, 0.2) is 53.7 Å². The van der Waals surface area contributed by atoms with Gasteiger partial charge in [-0.15, -0.1) is 24.0 Å². The van der Waals surface area contributed by atoms with Crippen LogP contribution in [0, 0.1) is 0 Å². The van der Waals surface area contributed by atoms with Crippen LogP contribution in [-0.2, 0) is 13.0 Å². The Morgan fingerprint density at radius 1 is 1.11 bits per heavy atom. The van der Waals surface area contributed by atoms with Crippen LogP contribution in [0.4, 0.5) is 13.2 Å². The molecule has 1 aromatic heterocycles. The van der Waals surface area contributed by atoms with Gasteiger partial charge in [0.1, 0.15) is 0 Å². The number of alkyl halides is 3. The molecular formula is C19H24F3IN4O. The van der Waals surface area contributed by atoms with Gasteiger partial charge in [-0.1, -0.05) is 30.3 Å². The summed E-state index contributed by atoms with van der Waals surface area (Å²) in [7, 11) is 1.66. The maximum absolute atomic E-state index is 12.2. The van der Waals surface area contributed by atoms with Crippen LogP contribution in [0.1, 0.15) is 17.5 Å². The Bertz CT molecular complexity index is 727. The molecule has 0 saturated heterocycles. The fourth-order valence-electron chi connectivity index (χ4n) is 2.35. The van der Waals surface area contributed by atoms with Crippen molar-refractivity contribution in [2.24, 2.45) is 4.99 Å². The van der Waals surface area contributed by atoms with Gasteiger partial charge < -0.3 is 15.4 Å². The van der Waals surface area contributed by atoms with Crippen LogP contribution >= 0.6 is 24.0 Å². The molecule has 2 N–H and O–H groups in total. The van der Waals surface area contributed by atoms with E-state index in [1.54, 1.807) is 13.1 Å². The number of aromatic nitrogens is 1. The molecule has 0 aliphatic carbocycles. The van der Waals surface area contributed by atoms with Crippen LogP contribution in [0.3, 0.4) is 0 Å². The number of nitrogens with one attached hydrogen (secondary N) is 2. The highest BCUT2D eigenvalue weighted by molar-refractivity contribution is 14.0. The summed E-state index contributed by atoms with van der Waals surface area (Å²) in [6.45, 7) is -0.213. The number of nitrogens with zero attached hydrogens (tertiary/aromatic N) is 2. The fraction of sp³-hybridized carbons (Fsp3) is 0.368. The Labute approximate surface area is 179 Å². The fourth-order valence-corrected chi connectivity index (χ4v) is 2.35. The monoisotopic (exact) mass is 508 g/mol. The minimum atomic E-state index is -4.39. The van der Waals surface area contributed by atoms with Gasteiger partial charge in [0.2, 0.25) is 5.88 Å². The number of rotatable bonds is 8. The molecule has 1 aromatic carbocycles. The first-order valence-corrected chi connectivity index (χ1v) is 8.59. The number of aryl methyl sites for hydroxylation is 1. The summed E-state index contributed by atoms with van der Waals surface area (Å²) in [4.78, 5) is 7.92. The summed E-state index contributed by atoms with van der Waals surface area (Å²) in [5, 5.41) is 6.33. The van der Waals surface area contributed by atoms with E-state index in [4.69, 9.17) is 0 Å². The van der Waals surface area contributed by atoms with E-state index >= 15 is 0 Å². The summed E-state index contributed by atoms with van der Waals surface area (Å²) in [5.74, 6) is 0.565. The van der Waals surface area contributed by atoms with E-state index in [0.717, 1.165) is 24.9 Å². The van der Waals surface area contributed by atoms with Crippen molar-refractivity contribution in [1.82, 2.24) is 15.6 Å². The number of halogens is 4. The van der Waals surface area contributed by atoms with Crippen molar-refractivity contribution in [1.29, 1.82) is 0 Å². The first kappa shape index (κ1) is 24.0. The molecule has 0 aliphatic rings. The molecule has 2 aromatic rings. The first-order chi connectivity index (χ1) is 13.0. The molecule has 28 heavy (non-hydrogen) atoms. The number of hydrogen-bond acceptors (Lipinski definition) is 3. The zero-order valence-electron chi connectivity index (χ0n) is 15.5. The minimum Gasteiger partial charge on any atom is -0.468 e. The van der Waals surface area contributed by atoms with Gasteiger partial charge in [0, 0.05) is 32.4 Å². The van der Waals surface area contributed by atoms with E-state index in [-0.39, 0.29) is 29.9 Å². The Morgan fingerprint density at radius 2 is 1.86 bits per heavy atom. The number of pyridine rings is 1. The van der Waals surface area contributed by atoms with Crippen molar-refractivity contribution in [3.63, 3.8) is 0 Å². The normalized spacial score (nSPS) is 11.5. The third-order valence-corrected chi connectivity index (χ3v) is 3.64. The second-order valence-electron chi connectivity index (χ2n) is 5.85. The van der Waals surface area contributed by atoms with Crippen molar-refractivity contribution in [2.75, 3.05) is 20.2 Å². The van der Waals surface area contributed by atoms with Gasteiger partial charge in [-0.2, -0.15) is 13.2 Å². The maximum Gasteiger partial charge on any atom is 0.422 e. The number of guanidine groups is 1. The Hall–Kier alpha value is -2.04. The largest absolute Gasteiger partial charge is 0.468 e. The van der Waals surface area contributed by atoms with Crippen LogP contribution in [-0.4, -0.2) is 37.3 Å². The predicted octanol–water partition coefficient (Wildman–Crippen LogP) is 3.94. The Morgan fingerprint density at radius 3 is 2.54 bits per heavy atom. The summed E-state index contributed by atoms with van der Waals surface area (Å²) in [5.41, 5.74) is 2.03. The topological polar surface area (TPSA) is 58.5 Å². The maximum atomic E-state index is 12.2. The molecule has 2 rings (SSSR count). The van der Waals surface area contributed by atoms with Gasteiger partial charge in [-0.25, -0.2) is 4.98 Å². The van der Waals surface area contributed by atoms with E-state index in [9.17, 15) is 13.2 Å². The lowest BCUT2D eigenvalue weighted by Crippen LogP contribution is -2.37. The van der Waals surface area contributed by atoms with Crippen molar-refractivity contribution < 1.29 is 17.9 Å². The lowest BCUT2D eigenvalue weighted by molar-refractivity contribution is -0.154. The summed E-state index contributed by atoms with van der Waals surface area (Å²) < 4.78 is 41.3. The van der Waals surface area contributed by atoms with Gasteiger partial charge in [-0.05, 0) is 30.0 Å². The first-order valence-electron chi connectivity index (χ1n) is 8.59. The van der Waals surface area contributed by atoms with Gasteiger partial charge >= 0.3 is 6.18 Å². The molecule has 1 heterocycles. The summed E-state index contributed by atoms with van der Waals surface area (Å²) in [6, 6.07) is 13.4. The number of hydrogen-bond donors (Lipinski definition) is 2. The molecule has 0 saturated carbocycles. The highest BCUT2D eigenvalue weighted by Crippen LogP contribution is 2.17. The van der Waals surface area contributed by atoms with Crippen molar-refractivity contribution in [3.05, 3.63) is 59.8 Å². The highest BCUT2D eigenvalue weighted by Gasteiger charge is 2.28. The van der Waals surface area contributed by atoms with Crippen LogP contribution in [0.5, 0.6) is 5.88 Å². The summed E-state index contributed by atoms with van der Waals surface area (Å²) >= 11 is 0. The zero-order valence-corrected chi connectivity index (χ0v) is 17.8. The van der Waals surface area contributed by atoms with Gasteiger partial charge in [0.25, 0.3) is 0 Å². The van der Waals surface area contributed by atoms with Crippen LogP contribution < -0.4 is 15.4 Å². The average molecular weight is 508 g/mol. The molecule has 0 bridgehead atoms. The molecule has 9 heteroatoms. The third kappa shape index (κ3) is 9.77. The van der Waals surface area contributed by atoms with Crippen molar-refractivity contribution in [3.8, 4) is 5.88 Å². The van der Waals surface area contributed by atoms with Gasteiger partial charge in [0.05, 0.1) is 0 Å². The Kier molecular flexibility index (Phi) is 10.6. The molecule has 0 aliphatic heterocycles. The zero-order chi connectivity index (χ0) is 19.5. The van der Waals surface area contributed by atoms with Crippen LogP contribution in [0.2, 0.25) is 0 Å². The highest BCUT2D eigenvalue weighted by atomic mass is 127. The molecule has 0 atom stereocenters. The standard InChI is InChI=1S/C19H23F3N4O.HI/c1-23-18(25-10-5-8-15-6-3-2-4-7-15)26-13-16-9-11-24-17(12-16)27-14-19(20,21)22;/h2-4,6-7,9,11-12H,5,8,10,13-14H2,1H3,(H2,23,25,26);1H. The molecule has 0 radical (unpaired) electrons. The average Bonchev–Trinajstić information content (AvgIpc) is 2.66. The molecule has 0 fully saturated rings. The number of benzene rings is 1. The molecular weight excluding hydrogens is 484 g/mol. The van der Waals surface area contributed by atoms with Gasteiger partial charge in [-0.3, -0.25) is 4.99 Å².